The summed E-state index contributed by atoms with van der Waals surface area (Å²) in [7, 11) is 0. The number of carbonyl (C=O) groups is 3. The molecule has 6 N–H and O–H groups in total. The number of aromatic amines is 2. The molecule has 3 aromatic heterocycles. The van der Waals surface area contributed by atoms with Crippen LogP contribution in [0.1, 0.15) is 43.5 Å². The fourth-order valence-electron chi connectivity index (χ4n) is 4.22. The Bertz CT molecular complexity index is 1750. The van der Waals surface area contributed by atoms with Crippen molar-refractivity contribution in [3.63, 3.8) is 0 Å². The predicted molar refractivity (Wildman–Crippen MR) is 154 cm³/mol. The average Bonchev–Trinajstić information content (AvgIpc) is 3.67. The number of halogens is 3. The lowest BCUT2D eigenvalue weighted by atomic mass is 10.1. The SMILES string of the molecule is NC(=O)c1[nH]c(Cc2ccc(C(=O)N(Cc3ccccn3)c3ccn[nH]3)cc2)nc1NC(=O)Nc1ccc(C(F)(F)F)cc1. The summed E-state index contributed by atoms with van der Waals surface area (Å²) in [4.78, 5) is 50.7. The van der Waals surface area contributed by atoms with Crippen molar-refractivity contribution < 1.29 is 27.6 Å². The summed E-state index contributed by atoms with van der Waals surface area (Å²) in [6, 6.07) is 16.8. The van der Waals surface area contributed by atoms with E-state index in [0.717, 1.165) is 29.8 Å². The molecule has 0 atom stereocenters. The summed E-state index contributed by atoms with van der Waals surface area (Å²) in [5, 5.41) is 11.5. The molecule has 224 valence electrons. The number of pyridine rings is 1. The minimum atomic E-state index is -4.51. The molecule has 0 saturated heterocycles. The number of anilines is 3. The molecule has 0 unspecified atom stereocenters. The highest BCUT2D eigenvalue weighted by Crippen LogP contribution is 2.30. The Hall–Kier alpha value is -5.99. The second-order valence-corrected chi connectivity index (χ2v) is 9.45. The van der Waals surface area contributed by atoms with E-state index < -0.39 is 23.7 Å². The van der Waals surface area contributed by atoms with Crippen LogP contribution in [0.4, 0.5) is 35.3 Å². The number of aromatic nitrogens is 5. The van der Waals surface area contributed by atoms with Gasteiger partial charge in [-0.05, 0) is 54.1 Å². The third-order valence-corrected chi connectivity index (χ3v) is 6.34. The number of carbonyl (C=O) groups excluding carboxylic acids is 3. The number of benzene rings is 2. The van der Waals surface area contributed by atoms with Crippen LogP contribution >= 0.6 is 0 Å². The smallest absolute Gasteiger partial charge is 0.364 e. The Kier molecular flexibility index (Phi) is 8.37. The summed E-state index contributed by atoms with van der Waals surface area (Å²) in [5.74, 6) is -0.542. The summed E-state index contributed by atoms with van der Waals surface area (Å²) in [6.45, 7) is 0.216. The summed E-state index contributed by atoms with van der Waals surface area (Å²) in [5.41, 5.74) is 6.31. The molecule has 0 aliphatic rings. The first-order valence-electron chi connectivity index (χ1n) is 13.0. The maximum atomic E-state index is 13.4. The van der Waals surface area contributed by atoms with E-state index in [1.54, 1.807) is 48.8 Å². The first kappa shape index (κ1) is 29.5. The van der Waals surface area contributed by atoms with Crippen molar-refractivity contribution in [3.8, 4) is 0 Å². The van der Waals surface area contributed by atoms with Gasteiger partial charge in [-0.1, -0.05) is 18.2 Å². The molecule has 5 aromatic rings. The third kappa shape index (κ3) is 7.07. The van der Waals surface area contributed by atoms with Crippen LogP contribution in [0, 0.1) is 0 Å². The maximum Gasteiger partial charge on any atom is 0.416 e. The number of urea groups is 1. The van der Waals surface area contributed by atoms with Gasteiger partial charge in [-0.15, -0.1) is 0 Å². The number of alkyl halides is 3. The van der Waals surface area contributed by atoms with Crippen molar-refractivity contribution >= 4 is 35.2 Å². The molecule has 15 heteroatoms. The molecule has 44 heavy (non-hydrogen) atoms. The van der Waals surface area contributed by atoms with Crippen molar-refractivity contribution in [1.29, 1.82) is 0 Å². The van der Waals surface area contributed by atoms with E-state index in [1.807, 2.05) is 12.1 Å². The van der Waals surface area contributed by atoms with E-state index in [4.69, 9.17) is 5.73 Å². The van der Waals surface area contributed by atoms with Gasteiger partial charge in [0.1, 0.15) is 17.3 Å². The van der Waals surface area contributed by atoms with Crippen LogP contribution in [-0.2, 0) is 19.1 Å². The lowest BCUT2D eigenvalue weighted by Gasteiger charge is -2.20. The number of primary amides is 1. The Labute approximate surface area is 247 Å². The number of hydrogen-bond acceptors (Lipinski definition) is 6. The van der Waals surface area contributed by atoms with Crippen molar-refractivity contribution in [2.45, 2.75) is 19.1 Å². The van der Waals surface area contributed by atoms with Gasteiger partial charge in [-0.2, -0.15) is 18.3 Å². The highest BCUT2D eigenvalue weighted by Gasteiger charge is 2.30. The average molecular weight is 604 g/mol. The van der Waals surface area contributed by atoms with Crippen molar-refractivity contribution in [3.05, 3.63) is 119 Å². The molecular formula is C29H24F3N9O3. The van der Waals surface area contributed by atoms with Gasteiger partial charge in [0.25, 0.3) is 11.8 Å². The molecule has 3 heterocycles. The van der Waals surface area contributed by atoms with Crippen LogP contribution in [0.3, 0.4) is 0 Å². The van der Waals surface area contributed by atoms with Gasteiger partial charge >= 0.3 is 12.2 Å². The number of H-pyrrole nitrogens is 2. The lowest BCUT2D eigenvalue weighted by Crippen LogP contribution is -2.31. The van der Waals surface area contributed by atoms with E-state index in [1.165, 1.54) is 4.90 Å². The number of amides is 4. The molecule has 4 amide bonds. The fraction of sp³-hybridized carbons (Fsp3) is 0.103. The number of imidazole rings is 1. The molecule has 0 radical (unpaired) electrons. The Morgan fingerprint density at radius 1 is 0.909 bits per heavy atom. The van der Waals surface area contributed by atoms with Gasteiger partial charge in [0, 0.05) is 29.9 Å². The first-order chi connectivity index (χ1) is 21.1. The maximum absolute atomic E-state index is 13.4. The van der Waals surface area contributed by atoms with E-state index in [9.17, 15) is 27.6 Å². The topological polar surface area (TPSA) is 175 Å². The van der Waals surface area contributed by atoms with Gasteiger partial charge in [-0.3, -0.25) is 29.9 Å². The van der Waals surface area contributed by atoms with E-state index in [2.05, 4.69) is 35.8 Å². The van der Waals surface area contributed by atoms with Gasteiger partial charge < -0.3 is 16.0 Å². The number of hydrogen-bond donors (Lipinski definition) is 5. The van der Waals surface area contributed by atoms with Gasteiger partial charge in [0.05, 0.1) is 24.0 Å². The van der Waals surface area contributed by atoms with Gasteiger partial charge in [-0.25, -0.2) is 9.78 Å². The lowest BCUT2D eigenvalue weighted by molar-refractivity contribution is -0.137. The summed E-state index contributed by atoms with van der Waals surface area (Å²) < 4.78 is 38.4. The monoisotopic (exact) mass is 603 g/mol. The highest BCUT2D eigenvalue weighted by atomic mass is 19.4. The zero-order valence-corrected chi connectivity index (χ0v) is 22.7. The second kappa shape index (κ2) is 12.5. The van der Waals surface area contributed by atoms with E-state index in [-0.39, 0.29) is 41.9 Å². The molecular weight excluding hydrogens is 579 g/mol. The van der Waals surface area contributed by atoms with Gasteiger partial charge in [0.15, 0.2) is 5.82 Å². The Morgan fingerprint density at radius 3 is 2.27 bits per heavy atom. The zero-order valence-electron chi connectivity index (χ0n) is 22.7. The molecule has 12 nitrogen and oxygen atoms in total. The number of rotatable bonds is 9. The molecule has 0 saturated carbocycles. The molecule has 0 aliphatic carbocycles. The van der Waals surface area contributed by atoms with Crippen molar-refractivity contribution in [2.24, 2.45) is 5.73 Å². The Morgan fingerprint density at radius 2 is 1.66 bits per heavy atom. The second-order valence-electron chi connectivity index (χ2n) is 9.45. The van der Waals surface area contributed by atoms with Crippen LogP contribution in [0.5, 0.6) is 0 Å². The third-order valence-electron chi connectivity index (χ3n) is 6.34. The van der Waals surface area contributed by atoms with Crippen LogP contribution < -0.4 is 21.3 Å². The van der Waals surface area contributed by atoms with E-state index >= 15 is 0 Å². The summed E-state index contributed by atoms with van der Waals surface area (Å²) >= 11 is 0. The number of nitrogens with two attached hydrogens (primary N) is 1. The van der Waals surface area contributed by atoms with Crippen LogP contribution in [0.15, 0.2) is 85.2 Å². The molecule has 0 bridgehead atoms. The standard InChI is InChI=1S/C29H24F3N9O3/c30-29(31,32)19-8-10-20(11-9-19)36-28(44)39-26-24(25(33)42)37-22(38-26)15-17-4-6-18(7-5-17)27(43)41(23-12-14-35-40-23)16-21-3-1-2-13-34-21/h1-14H,15-16H2,(H2,33,42)(H,35,40)(H,37,38)(H2,36,39,44). The molecule has 0 spiro atoms. The van der Waals surface area contributed by atoms with Gasteiger partial charge in [0.2, 0.25) is 0 Å². The summed E-state index contributed by atoms with van der Waals surface area (Å²) in [6.07, 6.45) is -1.14. The quantitative estimate of drug-likeness (QED) is 0.163. The largest absolute Gasteiger partial charge is 0.416 e. The van der Waals surface area contributed by atoms with Crippen molar-refractivity contribution in [2.75, 3.05) is 15.5 Å². The number of nitrogens with zero attached hydrogens (tertiary/aromatic N) is 4. The van der Waals surface area contributed by atoms with Crippen LogP contribution in [-0.4, -0.2) is 43.0 Å². The van der Waals surface area contributed by atoms with Crippen LogP contribution in [0.2, 0.25) is 0 Å². The molecule has 0 aliphatic heterocycles. The Balaban J connectivity index is 1.26. The minimum absolute atomic E-state index is 0.0904. The zero-order chi connectivity index (χ0) is 31.3. The van der Waals surface area contributed by atoms with E-state index in [0.29, 0.717) is 17.1 Å². The number of nitrogens with one attached hydrogen (secondary N) is 4. The molecule has 5 rings (SSSR count). The predicted octanol–water partition coefficient (Wildman–Crippen LogP) is 4.73. The van der Waals surface area contributed by atoms with Crippen molar-refractivity contribution in [1.82, 2.24) is 25.1 Å². The normalized spacial score (nSPS) is 11.2. The first-order valence-corrected chi connectivity index (χ1v) is 13.0. The minimum Gasteiger partial charge on any atom is -0.364 e. The highest BCUT2D eigenvalue weighted by molar-refractivity contribution is 6.05. The van der Waals surface area contributed by atoms with Crippen LogP contribution in [0.25, 0.3) is 0 Å². The fourth-order valence-corrected chi connectivity index (χ4v) is 4.22. The molecule has 2 aromatic carbocycles. The molecule has 0 fully saturated rings.